The molecule has 144 valence electrons. The molecule has 28 heavy (non-hydrogen) atoms. The van der Waals surface area contributed by atoms with Gasteiger partial charge in [0.15, 0.2) is 5.13 Å². The Hall–Kier alpha value is -2.90. The summed E-state index contributed by atoms with van der Waals surface area (Å²) >= 11 is 7.15. The van der Waals surface area contributed by atoms with Crippen LogP contribution in [-0.2, 0) is 17.8 Å². The van der Waals surface area contributed by atoms with Gasteiger partial charge in [0.2, 0.25) is 5.91 Å². The van der Waals surface area contributed by atoms with E-state index >= 15 is 0 Å². The van der Waals surface area contributed by atoms with Gasteiger partial charge in [0.1, 0.15) is 0 Å². The molecule has 0 radical (unpaired) electrons. The van der Waals surface area contributed by atoms with Gasteiger partial charge in [-0.25, -0.2) is 9.78 Å². The summed E-state index contributed by atoms with van der Waals surface area (Å²) < 4.78 is 0. The number of aryl methyl sites for hydroxylation is 1. The number of thiazole rings is 1. The van der Waals surface area contributed by atoms with Crippen molar-refractivity contribution in [1.82, 2.24) is 10.3 Å². The Morgan fingerprint density at radius 3 is 2.64 bits per heavy atom. The third-order valence-corrected chi connectivity index (χ3v) is 4.85. The molecule has 6 nitrogen and oxygen atoms in total. The second-order valence-electron chi connectivity index (χ2n) is 6.17. The van der Waals surface area contributed by atoms with E-state index in [0.717, 1.165) is 5.56 Å². The number of anilines is 2. The van der Waals surface area contributed by atoms with Gasteiger partial charge >= 0.3 is 6.03 Å². The number of carbonyl (C=O) groups excluding carboxylic acids is 2. The second kappa shape index (κ2) is 9.34. The van der Waals surface area contributed by atoms with E-state index in [1.165, 1.54) is 16.9 Å². The fraction of sp³-hybridized carbons (Fsp3) is 0.150. The van der Waals surface area contributed by atoms with Crippen LogP contribution in [0.1, 0.15) is 16.8 Å². The number of benzene rings is 2. The summed E-state index contributed by atoms with van der Waals surface area (Å²) in [6.07, 6.45) is 0.153. The van der Waals surface area contributed by atoms with Gasteiger partial charge in [0.25, 0.3) is 0 Å². The van der Waals surface area contributed by atoms with Crippen molar-refractivity contribution < 1.29 is 9.59 Å². The molecule has 0 aliphatic heterocycles. The summed E-state index contributed by atoms with van der Waals surface area (Å²) in [4.78, 5) is 28.4. The van der Waals surface area contributed by atoms with Crippen LogP contribution in [0.25, 0.3) is 0 Å². The molecule has 1 heterocycles. The number of amides is 3. The molecule has 0 fully saturated rings. The van der Waals surface area contributed by atoms with E-state index in [4.69, 9.17) is 11.6 Å². The van der Waals surface area contributed by atoms with Crippen LogP contribution in [-0.4, -0.2) is 16.9 Å². The fourth-order valence-electron chi connectivity index (χ4n) is 2.40. The van der Waals surface area contributed by atoms with Crippen molar-refractivity contribution >= 4 is 45.7 Å². The summed E-state index contributed by atoms with van der Waals surface area (Å²) in [5.41, 5.74) is 3.40. The normalized spacial score (nSPS) is 10.4. The summed E-state index contributed by atoms with van der Waals surface area (Å²) in [5, 5.41) is 10.9. The molecule has 2 aromatic carbocycles. The number of nitrogens with zero attached hydrogens (tertiary/aromatic N) is 1. The van der Waals surface area contributed by atoms with Crippen LogP contribution >= 0.6 is 22.9 Å². The number of rotatable bonds is 6. The molecule has 3 aromatic rings. The first-order chi connectivity index (χ1) is 13.5. The molecule has 1 aromatic heterocycles. The van der Waals surface area contributed by atoms with Crippen molar-refractivity contribution in [2.24, 2.45) is 0 Å². The molecule has 0 aliphatic carbocycles. The minimum absolute atomic E-state index is 0.124. The molecular weight excluding hydrogens is 396 g/mol. The van der Waals surface area contributed by atoms with Crippen LogP contribution in [0.3, 0.4) is 0 Å². The van der Waals surface area contributed by atoms with Gasteiger partial charge < -0.3 is 10.6 Å². The van der Waals surface area contributed by atoms with Crippen LogP contribution in [0.5, 0.6) is 0 Å². The molecule has 0 saturated carbocycles. The number of aromatic nitrogens is 1. The van der Waals surface area contributed by atoms with Crippen LogP contribution in [0.4, 0.5) is 15.6 Å². The van der Waals surface area contributed by atoms with E-state index in [1.54, 1.807) is 29.6 Å². The molecule has 3 rings (SSSR count). The summed E-state index contributed by atoms with van der Waals surface area (Å²) in [6.45, 7) is 2.49. The summed E-state index contributed by atoms with van der Waals surface area (Å²) in [6, 6.07) is 14.4. The zero-order chi connectivity index (χ0) is 19.9. The summed E-state index contributed by atoms with van der Waals surface area (Å²) in [5.74, 6) is -0.124. The SMILES string of the molecule is Cc1ccc(CNC(=O)Cc2csc(NC(=O)Nc3cccc(Cl)c3)n2)cc1. The lowest BCUT2D eigenvalue weighted by atomic mass is 10.1. The Labute approximate surface area is 172 Å². The second-order valence-corrected chi connectivity index (χ2v) is 7.47. The highest BCUT2D eigenvalue weighted by Crippen LogP contribution is 2.18. The molecule has 0 aliphatic rings. The first-order valence-corrected chi connectivity index (χ1v) is 9.84. The summed E-state index contributed by atoms with van der Waals surface area (Å²) in [7, 11) is 0. The van der Waals surface area contributed by atoms with E-state index in [1.807, 2.05) is 31.2 Å². The number of hydrogen-bond donors (Lipinski definition) is 3. The molecule has 0 saturated heterocycles. The Balaban J connectivity index is 1.47. The molecule has 3 amide bonds. The Bertz CT molecular complexity index is 972. The zero-order valence-corrected chi connectivity index (χ0v) is 16.7. The maximum absolute atomic E-state index is 12.1. The van der Waals surface area contributed by atoms with Crippen molar-refractivity contribution in [1.29, 1.82) is 0 Å². The third-order valence-electron chi connectivity index (χ3n) is 3.81. The lowest BCUT2D eigenvalue weighted by Gasteiger charge is -2.06. The molecule has 8 heteroatoms. The number of carbonyl (C=O) groups is 2. The minimum Gasteiger partial charge on any atom is -0.352 e. The van der Waals surface area contributed by atoms with Gasteiger partial charge in [0, 0.05) is 22.6 Å². The van der Waals surface area contributed by atoms with Crippen LogP contribution in [0, 0.1) is 6.92 Å². The van der Waals surface area contributed by atoms with Crippen molar-refractivity contribution in [3.8, 4) is 0 Å². The molecule has 3 N–H and O–H groups in total. The minimum atomic E-state index is -0.424. The van der Waals surface area contributed by atoms with E-state index in [9.17, 15) is 9.59 Å². The lowest BCUT2D eigenvalue weighted by Crippen LogP contribution is -2.24. The van der Waals surface area contributed by atoms with Crippen molar-refractivity contribution in [3.63, 3.8) is 0 Å². The third kappa shape index (κ3) is 6.07. The predicted octanol–water partition coefficient (Wildman–Crippen LogP) is 4.61. The average Bonchev–Trinajstić information content (AvgIpc) is 3.07. The number of nitrogens with one attached hydrogen (secondary N) is 3. The maximum atomic E-state index is 12.1. The molecule has 0 spiro atoms. The first-order valence-electron chi connectivity index (χ1n) is 8.58. The van der Waals surface area contributed by atoms with Gasteiger partial charge in [-0.2, -0.15) is 0 Å². The molecule has 0 atom stereocenters. The first kappa shape index (κ1) is 19.9. The number of halogens is 1. The van der Waals surface area contributed by atoms with Crippen LogP contribution < -0.4 is 16.0 Å². The largest absolute Gasteiger partial charge is 0.352 e. The fourth-order valence-corrected chi connectivity index (χ4v) is 3.30. The van der Waals surface area contributed by atoms with E-state index in [2.05, 4.69) is 20.9 Å². The van der Waals surface area contributed by atoms with Gasteiger partial charge in [-0.05, 0) is 30.7 Å². The Morgan fingerprint density at radius 1 is 1.11 bits per heavy atom. The molecule has 0 unspecified atom stereocenters. The molecular formula is C20H19ClN4O2S. The Kier molecular flexibility index (Phi) is 6.62. The van der Waals surface area contributed by atoms with Gasteiger partial charge in [-0.3, -0.25) is 10.1 Å². The van der Waals surface area contributed by atoms with Crippen molar-refractivity contribution in [2.75, 3.05) is 10.6 Å². The van der Waals surface area contributed by atoms with E-state index in [0.29, 0.717) is 28.1 Å². The van der Waals surface area contributed by atoms with Gasteiger partial charge in [-0.1, -0.05) is 47.5 Å². The maximum Gasteiger partial charge on any atom is 0.325 e. The highest BCUT2D eigenvalue weighted by atomic mass is 35.5. The quantitative estimate of drug-likeness (QED) is 0.550. The highest BCUT2D eigenvalue weighted by molar-refractivity contribution is 7.14. The van der Waals surface area contributed by atoms with Crippen LogP contribution in [0.15, 0.2) is 53.9 Å². The average molecular weight is 415 g/mol. The Morgan fingerprint density at radius 2 is 1.89 bits per heavy atom. The molecule has 0 bridgehead atoms. The number of urea groups is 1. The smallest absolute Gasteiger partial charge is 0.325 e. The van der Waals surface area contributed by atoms with Crippen molar-refractivity contribution in [3.05, 3.63) is 75.8 Å². The van der Waals surface area contributed by atoms with E-state index < -0.39 is 6.03 Å². The predicted molar refractivity (Wildman–Crippen MR) is 113 cm³/mol. The standard InChI is InChI=1S/C20H19ClN4O2S/c1-13-5-7-14(8-6-13)11-22-18(26)10-17-12-28-20(24-17)25-19(27)23-16-4-2-3-15(21)9-16/h2-9,12H,10-11H2,1H3,(H,22,26)(H2,23,24,25,27). The van der Waals surface area contributed by atoms with Crippen molar-refractivity contribution in [2.45, 2.75) is 19.9 Å². The topological polar surface area (TPSA) is 83.1 Å². The number of hydrogen-bond acceptors (Lipinski definition) is 4. The van der Waals surface area contributed by atoms with Gasteiger partial charge in [-0.15, -0.1) is 11.3 Å². The monoisotopic (exact) mass is 414 g/mol. The van der Waals surface area contributed by atoms with E-state index in [-0.39, 0.29) is 12.3 Å². The van der Waals surface area contributed by atoms with Gasteiger partial charge in [0.05, 0.1) is 12.1 Å². The highest BCUT2D eigenvalue weighted by Gasteiger charge is 2.10. The van der Waals surface area contributed by atoms with Crippen LogP contribution in [0.2, 0.25) is 5.02 Å². The lowest BCUT2D eigenvalue weighted by molar-refractivity contribution is -0.120. The zero-order valence-electron chi connectivity index (χ0n) is 15.2.